The van der Waals surface area contributed by atoms with Gasteiger partial charge in [-0.25, -0.2) is 13.2 Å². The molecule has 4 unspecified atom stereocenters. The molecule has 1 aromatic rings. The Morgan fingerprint density at radius 2 is 1.96 bits per heavy atom. The van der Waals surface area contributed by atoms with E-state index in [9.17, 15) is 22.6 Å². The molecule has 25 heavy (non-hydrogen) atoms. The molecule has 2 saturated heterocycles. The van der Waals surface area contributed by atoms with Gasteiger partial charge in [0.25, 0.3) is 5.56 Å². The van der Waals surface area contributed by atoms with Crippen molar-refractivity contribution in [2.45, 2.75) is 44.2 Å². The van der Waals surface area contributed by atoms with E-state index in [1.165, 1.54) is 6.20 Å². The van der Waals surface area contributed by atoms with Gasteiger partial charge in [0.1, 0.15) is 18.3 Å². The molecular weight excluding hydrogens is 387 g/mol. The summed E-state index contributed by atoms with van der Waals surface area (Å²) >= 11 is 0. The molecule has 0 bridgehead atoms. The van der Waals surface area contributed by atoms with Crippen molar-refractivity contribution in [2.75, 3.05) is 6.61 Å². The average molecular weight is 402 g/mol. The second-order valence-corrected chi connectivity index (χ2v) is 6.89. The second-order valence-electron chi connectivity index (χ2n) is 5.84. The minimum Gasteiger partial charge on any atom is -0.726 e. The standard InChI is InChI=1S/C12H16N2O9S.K/c1-12(2)22-8-6(5-20-24(17,18)19)21-10(9(8)23-12)14-4-3-7(15)13-11(14)16;/h3-4,6,8-10H,5H2,1-2H3,(H,13,15,16)(H,17,18,19);/q;+1/p-1. The van der Waals surface area contributed by atoms with Gasteiger partial charge in [-0.3, -0.25) is 18.5 Å². The summed E-state index contributed by atoms with van der Waals surface area (Å²) < 4.78 is 54.2. The molecule has 2 aliphatic rings. The van der Waals surface area contributed by atoms with Crippen LogP contribution in [0.2, 0.25) is 0 Å². The van der Waals surface area contributed by atoms with E-state index in [1.807, 2.05) is 0 Å². The average Bonchev–Trinajstić information content (AvgIpc) is 2.90. The Hall–Kier alpha value is 0.0664. The molecule has 13 heteroatoms. The van der Waals surface area contributed by atoms with E-state index in [2.05, 4.69) is 9.17 Å². The van der Waals surface area contributed by atoms with Crippen LogP contribution in [-0.4, -0.2) is 53.2 Å². The van der Waals surface area contributed by atoms with E-state index in [1.54, 1.807) is 13.8 Å². The van der Waals surface area contributed by atoms with Gasteiger partial charge in [0, 0.05) is 12.3 Å². The fourth-order valence-electron chi connectivity index (χ4n) is 2.80. The van der Waals surface area contributed by atoms with Crippen LogP contribution < -0.4 is 62.6 Å². The zero-order valence-corrected chi connectivity index (χ0v) is 17.6. The van der Waals surface area contributed by atoms with Gasteiger partial charge in [-0.15, -0.1) is 0 Å². The number of H-pyrrole nitrogens is 1. The van der Waals surface area contributed by atoms with Gasteiger partial charge in [-0.2, -0.15) is 0 Å². The van der Waals surface area contributed by atoms with Gasteiger partial charge < -0.3 is 18.8 Å². The molecule has 0 spiro atoms. The van der Waals surface area contributed by atoms with Crippen molar-refractivity contribution in [3.63, 3.8) is 0 Å². The van der Waals surface area contributed by atoms with Crippen molar-refractivity contribution in [3.05, 3.63) is 33.1 Å². The minimum atomic E-state index is -4.91. The number of hydrogen-bond acceptors (Lipinski definition) is 9. The third-order valence-corrected chi connectivity index (χ3v) is 4.05. The molecule has 11 nitrogen and oxygen atoms in total. The summed E-state index contributed by atoms with van der Waals surface area (Å²) in [7, 11) is -4.91. The monoisotopic (exact) mass is 402 g/mol. The third kappa shape index (κ3) is 4.87. The summed E-state index contributed by atoms with van der Waals surface area (Å²) in [6, 6.07) is 1.13. The van der Waals surface area contributed by atoms with E-state index < -0.39 is 58.6 Å². The van der Waals surface area contributed by atoms with Gasteiger partial charge in [-0.1, -0.05) is 0 Å². The van der Waals surface area contributed by atoms with E-state index >= 15 is 0 Å². The van der Waals surface area contributed by atoms with Gasteiger partial charge in [0.15, 0.2) is 12.0 Å². The number of rotatable bonds is 4. The first kappa shape index (κ1) is 21.4. The molecule has 0 aliphatic carbocycles. The predicted molar refractivity (Wildman–Crippen MR) is 74.7 cm³/mol. The van der Waals surface area contributed by atoms with Crippen molar-refractivity contribution in [3.8, 4) is 0 Å². The Labute approximate surface area is 185 Å². The predicted octanol–water partition coefficient (Wildman–Crippen LogP) is -4.57. The first-order valence-corrected chi connectivity index (χ1v) is 8.32. The molecule has 0 saturated carbocycles. The molecule has 2 aliphatic heterocycles. The van der Waals surface area contributed by atoms with E-state index in [4.69, 9.17) is 14.2 Å². The van der Waals surface area contributed by atoms with Crippen molar-refractivity contribution >= 4 is 10.4 Å². The number of hydrogen-bond donors (Lipinski definition) is 1. The normalized spacial score (nSPS) is 30.7. The number of aromatic nitrogens is 2. The van der Waals surface area contributed by atoms with E-state index in [-0.39, 0.29) is 51.4 Å². The molecule has 134 valence electrons. The molecule has 0 radical (unpaired) electrons. The Kier molecular flexibility index (Phi) is 6.49. The van der Waals surface area contributed by atoms with Crippen molar-refractivity contribution in [2.24, 2.45) is 0 Å². The van der Waals surface area contributed by atoms with Crippen molar-refractivity contribution in [1.29, 1.82) is 0 Å². The van der Waals surface area contributed by atoms with Crippen LogP contribution in [0.5, 0.6) is 0 Å². The first-order chi connectivity index (χ1) is 11.1. The summed E-state index contributed by atoms with van der Waals surface area (Å²) in [5, 5.41) is 0. The number of nitrogens with zero attached hydrogens (tertiary/aromatic N) is 1. The summed E-state index contributed by atoms with van der Waals surface area (Å²) in [6.45, 7) is 2.70. The summed E-state index contributed by atoms with van der Waals surface area (Å²) in [6.07, 6.45) is -2.23. The molecule has 1 N–H and O–H groups in total. The van der Waals surface area contributed by atoms with Crippen molar-refractivity contribution in [1.82, 2.24) is 9.55 Å². The summed E-state index contributed by atoms with van der Waals surface area (Å²) in [5.74, 6) is -1.00. The Bertz CT molecular complexity index is 849. The number of fused-ring (bicyclic) bond motifs is 1. The van der Waals surface area contributed by atoms with Crippen LogP contribution in [0, 0.1) is 0 Å². The number of aromatic amines is 1. The number of nitrogens with one attached hydrogen (secondary N) is 1. The minimum absolute atomic E-state index is 0. The Morgan fingerprint density at radius 3 is 2.56 bits per heavy atom. The maximum atomic E-state index is 12.0. The van der Waals surface area contributed by atoms with Crippen LogP contribution in [0.1, 0.15) is 20.1 Å². The van der Waals surface area contributed by atoms with Crippen LogP contribution >= 0.6 is 0 Å². The van der Waals surface area contributed by atoms with Gasteiger partial charge >= 0.3 is 57.1 Å². The molecule has 1 aromatic heterocycles. The van der Waals surface area contributed by atoms with E-state index in [0.29, 0.717) is 0 Å². The zero-order valence-electron chi connectivity index (χ0n) is 13.7. The fraction of sp³-hybridized carbons (Fsp3) is 0.667. The SMILES string of the molecule is CC1(C)OC2C(COS(=O)(=O)[O-])OC(n3ccc(=O)[nH]c3=O)C2O1.[K+]. The van der Waals surface area contributed by atoms with Crippen LogP contribution in [-0.2, 0) is 28.8 Å². The van der Waals surface area contributed by atoms with Gasteiger partial charge in [0.05, 0.1) is 6.61 Å². The molecule has 0 amide bonds. The third-order valence-electron chi connectivity index (χ3n) is 3.63. The number of ether oxygens (including phenoxy) is 3. The smallest absolute Gasteiger partial charge is 0.726 e. The maximum Gasteiger partial charge on any atom is 1.00 e. The van der Waals surface area contributed by atoms with Gasteiger partial charge in [0.2, 0.25) is 10.4 Å². The quantitative estimate of drug-likeness (QED) is 0.298. The maximum absolute atomic E-state index is 12.0. The molecule has 2 fully saturated rings. The summed E-state index contributed by atoms with van der Waals surface area (Å²) in [4.78, 5) is 25.2. The van der Waals surface area contributed by atoms with Crippen LogP contribution in [0.3, 0.4) is 0 Å². The Balaban J connectivity index is 0.00000225. The van der Waals surface area contributed by atoms with Crippen LogP contribution in [0.25, 0.3) is 0 Å². The fourth-order valence-corrected chi connectivity index (χ4v) is 3.10. The first-order valence-electron chi connectivity index (χ1n) is 6.98. The topological polar surface area (TPSA) is 149 Å². The van der Waals surface area contributed by atoms with Crippen LogP contribution in [0.15, 0.2) is 21.9 Å². The zero-order chi connectivity index (χ0) is 17.7. The molecule has 3 heterocycles. The van der Waals surface area contributed by atoms with E-state index in [0.717, 1.165) is 10.6 Å². The second kappa shape index (κ2) is 7.59. The molecule has 4 atom stereocenters. The van der Waals surface area contributed by atoms with Crippen LogP contribution in [0.4, 0.5) is 0 Å². The Morgan fingerprint density at radius 1 is 1.32 bits per heavy atom. The largest absolute Gasteiger partial charge is 1.00 e. The molecule has 3 rings (SSSR count). The van der Waals surface area contributed by atoms with Gasteiger partial charge in [-0.05, 0) is 13.8 Å². The molecular formula is C12H15KN2O9S. The molecule has 0 aromatic carbocycles. The summed E-state index contributed by atoms with van der Waals surface area (Å²) in [5.41, 5.74) is -1.30. The van der Waals surface area contributed by atoms with Crippen molar-refractivity contribution < 1.29 is 82.7 Å².